The summed E-state index contributed by atoms with van der Waals surface area (Å²) in [6, 6.07) is 28.0. The number of fused-ring (bicyclic) bond motifs is 1. The minimum Gasteiger partial charge on any atom is -0.534 e. The number of benzene rings is 3. The van der Waals surface area contributed by atoms with Crippen LogP contribution in [0, 0.1) is 0 Å². The number of hydrogen-bond acceptors (Lipinski definition) is 2. The van der Waals surface area contributed by atoms with Crippen LogP contribution in [0.3, 0.4) is 0 Å². The van der Waals surface area contributed by atoms with E-state index in [1.54, 1.807) is 0 Å². The van der Waals surface area contributed by atoms with Gasteiger partial charge in [0.2, 0.25) is 0 Å². The molecule has 160 valence electrons. The Labute approximate surface area is 186 Å². The monoisotopic (exact) mass is 428 g/mol. The summed E-state index contributed by atoms with van der Waals surface area (Å²) in [6.07, 6.45) is 2.11. The van der Waals surface area contributed by atoms with Crippen molar-refractivity contribution in [1.29, 1.82) is 0 Å². The van der Waals surface area contributed by atoms with Gasteiger partial charge in [-0.05, 0) is 47.2 Å². The van der Waals surface area contributed by atoms with Gasteiger partial charge in [-0.15, -0.1) is 0 Å². The molecule has 0 atom stereocenters. The molecule has 0 saturated carbocycles. The highest BCUT2D eigenvalue weighted by Crippen LogP contribution is 2.40. The van der Waals surface area contributed by atoms with Gasteiger partial charge in [-0.25, -0.2) is 0 Å². The summed E-state index contributed by atoms with van der Waals surface area (Å²) in [5, 5.41) is 3.69. The second kappa shape index (κ2) is 8.37. The third-order valence-electron chi connectivity index (χ3n) is 5.92. The van der Waals surface area contributed by atoms with E-state index >= 15 is 0 Å². The third kappa shape index (κ3) is 3.93. The van der Waals surface area contributed by atoms with Crippen LogP contribution < -0.4 is 14.8 Å². The Morgan fingerprint density at radius 1 is 0.806 bits per heavy atom. The van der Waals surface area contributed by atoms with Crippen molar-refractivity contribution < 1.29 is 4.43 Å². The van der Waals surface area contributed by atoms with E-state index in [4.69, 9.17) is 4.43 Å². The number of hydrogen-bond donors (Lipinski definition) is 1. The Morgan fingerprint density at radius 2 is 1.39 bits per heavy atom. The number of rotatable bonds is 6. The van der Waals surface area contributed by atoms with Crippen LogP contribution in [0.1, 0.15) is 26.3 Å². The van der Waals surface area contributed by atoms with E-state index in [1.807, 2.05) is 0 Å². The second-order valence-electron chi connectivity index (χ2n) is 9.50. The van der Waals surface area contributed by atoms with Crippen molar-refractivity contribution in [2.75, 3.05) is 14.1 Å². The summed E-state index contributed by atoms with van der Waals surface area (Å²) in [5.74, 6) is 0.963. The zero-order chi connectivity index (χ0) is 22.1. The van der Waals surface area contributed by atoms with E-state index in [0.29, 0.717) is 0 Å². The maximum atomic E-state index is 7.33. The molecule has 1 N–H and O–H groups in total. The highest BCUT2D eigenvalue weighted by atomic mass is 28.4. The van der Waals surface area contributed by atoms with Gasteiger partial charge in [0.05, 0.1) is 0 Å². The number of H-pyrrole nitrogens is 1. The predicted molar refractivity (Wildman–Crippen MR) is 134 cm³/mol. The van der Waals surface area contributed by atoms with Crippen LogP contribution in [-0.4, -0.2) is 32.3 Å². The molecule has 0 spiro atoms. The number of aromatic amines is 1. The molecule has 0 aliphatic heterocycles. The average Bonchev–Trinajstić information content (AvgIpc) is 3.15. The van der Waals surface area contributed by atoms with Crippen molar-refractivity contribution >= 4 is 29.6 Å². The fraction of sp³-hybridized carbons (Fsp3) is 0.259. The van der Waals surface area contributed by atoms with Gasteiger partial charge in [-0.2, -0.15) is 0 Å². The Morgan fingerprint density at radius 3 is 1.90 bits per heavy atom. The Bertz CT molecular complexity index is 1100. The van der Waals surface area contributed by atoms with Crippen LogP contribution in [0.4, 0.5) is 0 Å². The van der Waals surface area contributed by atoms with Gasteiger partial charge in [0.25, 0.3) is 0 Å². The highest BCUT2D eigenvalue weighted by molar-refractivity contribution is 7.00. The summed E-state index contributed by atoms with van der Waals surface area (Å²) >= 11 is 0. The van der Waals surface area contributed by atoms with E-state index < -0.39 is 8.32 Å². The van der Waals surface area contributed by atoms with E-state index in [0.717, 1.165) is 17.8 Å². The molecule has 0 aliphatic carbocycles. The molecule has 0 bridgehead atoms. The Balaban J connectivity index is 1.98. The molecule has 0 amide bonds. The zero-order valence-corrected chi connectivity index (χ0v) is 20.1. The lowest BCUT2D eigenvalue weighted by Crippen LogP contribution is -2.68. The molecular weight excluding hydrogens is 396 g/mol. The Kier molecular flexibility index (Phi) is 5.78. The van der Waals surface area contributed by atoms with Crippen molar-refractivity contribution in [3.05, 3.63) is 90.6 Å². The first-order valence-electron chi connectivity index (χ1n) is 10.9. The maximum absolute atomic E-state index is 7.33. The molecule has 1 aromatic heterocycles. The first-order chi connectivity index (χ1) is 14.8. The first-order valence-corrected chi connectivity index (χ1v) is 12.8. The Hall–Kier alpha value is -2.82. The lowest BCUT2D eigenvalue weighted by Gasteiger charge is -2.43. The summed E-state index contributed by atoms with van der Waals surface area (Å²) < 4.78 is 7.33. The number of aromatic nitrogens is 1. The summed E-state index contributed by atoms with van der Waals surface area (Å²) in [6.45, 7) is 7.81. The molecule has 4 aromatic rings. The molecule has 0 saturated heterocycles. The standard InChI is InChI=1S/C27H32N2OSi/c1-27(2,3)31(22-13-8-6-9-14-22,23-15-10-7-11-16-23)30-25-18-12-17-24-26(25)21(19-28-24)20-29(4)5/h6-19,28H,20H2,1-5H3. The summed E-state index contributed by atoms with van der Waals surface area (Å²) in [5.41, 5.74) is 2.38. The van der Waals surface area contributed by atoms with Crippen LogP contribution in [-0.2, 0) is 6.54 Å². The zero-order valence-electron chi connectivity index (χ0n) is 19.1. The molecule has 3 nitrogen and oxygen atoms in total. The topological polar surface area (TPSA) is 28.3 Å². The second-order valence-corrected chi connectivity index (χ2v) is 13.7. The van der Waals surface area contributed by atoms with Crippen LogP contribution in [0.2, 0.25) is 5.04 Å². The van der Waals surface area contributed by atoms with E-state index in [-0.39, 0.29) is 5.04 Å². The molecule has 3 aromatic carbocycles. The van der Waals surface area contributed by atoms with Gasteiger partial charge < -0.3 is 14.3 Å². The fourth-order valence-corrected chi connectivity index (χ4v) is 9.02. The van der Waals surface area contributed by atoms with Crippen LogP contribution >= 0.6 is 0 Å². The fourth-order valence-electron chi connectivity index (χ4n) is 4.58. The maximum Gasteiger partial charge on any atom is 0.319 e. The van der Waals surface area contributed by atoms with E-state index in [2.05, 4.69) is 130 Å². The van der Waals surface area contributed by atoms with Crippen molar-refractivity contribution in [3.63, 3.8) is 0 Å². The quantitative estimate of drug-likeness (QED) is 0.429. The summed E-state index contributed by atoms with van der Waals surface area (Å²) in [7, 11) is 1.53. The molecule has 0 aliphatic rings. The SMILES string of the molecule is CN(C)Cc1c[nH]c2cccc(O[Si](c3ccccc3)(c3ccccc3)C(C)(C)C)c12. The van der Waals surface area contributed by atoms with Crippen LogP contribution in [0.5, 0.6) is 5.75 Å². The third-order valence-corrected chi connectivity index (χ3v) is 10.8. The van der Waals surface area contributed by atoms with Gasteiger partial charge >= 0.3 is 8.32 Å². The van der Waals surface area contributed by atoms with Crippen LogP contribution in [0.25, 0.3) is 10.9 Å². The number of nitrogens with one attached hydrogen (secondary N) is 1. The van der Waals surface area contributed by atoms with E-state index in [9.17, 15) is 0 Å². The first kappa shape index (κ1) is 21.4. The molecular formula is C27H32N2OSi. The lowest BCUT2D eigenvalue weighted by atomic mass is 10.1. The molecule has 4 heteroatoms. The van der Waals surface area contributed by atoms with E-state index in [1.165, 1.54) is 21.3 Å². The molecule has 0 fully saturated rings. The van der Waals surface area contributed by atoms with Gasteiger partial charge in [0.15, 0.2) is 0 Å². The normalized spacial score (nSPS) is 12.5. The smallest absolute Gasteiger partial charge is 0.319 e. The van der Waals surface area contributed by atoms with Gasteiger partial charge in [0, 0.05) is 23.6 Å². The molecule has 0 radical (unpaired) electrons. The lowest BCUT2D eigenvalue weighted by molar-refractivity contribution is 0.403. The molecule has 0 unspecified atom stereocenters. The highest BCUT2D eigenvalue weighted by Gasteiger charge is 2.52. The van der Waals surface area contributed by atoms with Gasteiger partial charge in [-0.1, -0.05) is 87.5 Å². The minimum atomic E-state index is -2.67. The molecule has 4 rings (SSSR count). The minimum absolute atomic E-state index is 0.0735. The molecule has 1 heterocycles. The van der Waals surface area contributed by atoms with Gasteiger partial charge in [0.1, 0.15) is 5.75 Å². The van der Waals surface area contributed by atoms with Crippen molar-refractivity contribution in [2.24, 2.45) is 0 Å². The average molecular weight is 429 g/mol. The van der Waals surface area contributed by atoms with Crippen molar-refractivity contribution in [3.8, 4) is 5.75 Å². The molecule has 31 heavy (non-hydrogen) atoms. The van der Waals surface area contributed by atoms with Gasteiger partial charge in [-0.3, -0.25) is 0 Å². The summed E-state index contributed by atoms with van der Waals surface area (Å²) in [4.78, 5) is 5.64. The number of nitrogens with zero attached hydrogens (tertiary/aromatic N) is 1. The predicted octanol–water partition coefficient (Wildman–Crippen LogP) is 5.17. The largest absolute Gasteiger partial charge is 0.534 e. The van der Waals surface area contributed by atoms with Crippen LogP contribution in [0.15, 0.2) is 85.1 Å². The van der Waals surface area contributed by atoms with Crippen molar-refractivity contribution in [1.82, 2.24) is 9.88 Å². The van der Waals surface area contributed by atoms with Crippen molar-refractivity contribution in [2.45, 2.75) is 32.4 Å².